The summed E-state index contributed by atoms with van der Waals surface area (Å²) in [5.74, 6) is -1.36. The summed E-state index contributed by atoms with van der Waals surface area (Å²) in [6, 6.07) is 1.24. The van der Waals surface area contributed by atoms with Gasteiger partial charge in [0.05, 0.1) is 19.3 Å². The van der Waals surface area contributed by atoms with Crippen LogP contribution in [0.3, 0.4) is 0 Å². The van der Waals surface area contributed by atoms with Gasteiger partial charge in [0.2, 0.25) is 5.43 Å². The van der Waals surface area contributed by atoms with Gasteiger partial charge in [0.1, 0.15) is 0 Å². The van der Waals surface area contributed by atoms with Gasteiger partial charge in [-0.05, 0) is 7.05 Å². The maximum atomic E-state index is 11.3. The predicted molar refractivity (Wildman–Crippen MR) is 63.4 cm³/mol. The molecular weight excluding hydrogens is 240 g/mol. The van der Waals surface area contributed by atoms with Crippen molar-refractivity contribution in [1.82, 2.24) is 9.47 Å². The van der Waals surface area contributed by atoms with E-state index in [0.29, 0.717) is 5.69 Å². The molecule has 1 aromatic heterocycles. The van der Waals surface area contributed by atoms with Gasteiger partial charge in [-0.25, -0.2) is 0 Å². The fraction of sp³-hybridized carbons (Fsp3) is 0.455. The van der Waals surface area contributed by atoms with E-state index in [-0.39, 0.29) is 26.2 Å². The summed E-state index contributed by atoms with van der Waals surface area (Å²) in [6.07, 6.45) is 1.24. The maximum absolute atomic E-state index is 11.3. The number of hydrogen-bond donors (Lipinski definition) is 3. The molecule has 3 N–H and O–H groups in total. The zero-order valence-corrected chi connectivity index (χ0v) is 10.0. The van der Waals surface area contributed by atoms with E-state index in [9.17, 15) is 14.7 Å². The number of hydrogen-bond acceptors (Lipinski definition) is 5. The van der Waals surface area contributed by atoms with Gasteiger partial charge in [-0.3, -0.25) is 14.5 Å². The molecule has 0 aliphatic heterocycles. The lowest BCUT2D eigenvalue weighted by Gasteiger charge is -2.18. The van der Waals surface area contributed by atoms with Crippen molar-refractivity contribution in [2.45, 2.75) is 13.1 Å². The van der Waals surface area contributed by atoms with Crippen LogP contribution in [0, 0.1) is 0 Å². The van der Waals surface area contributed by atoms with Crippen molar-refractivity contribution in [3.63, 3.8) is 0 Å². The molecule has 18 heavy (non-hydrogen) atoms. The van der Waals surface area contributed by atoms with E-state index in [1.165, 1.54) is 21.7 Å². The van der Waals surface area contributed by atoms with Crippen LogP contribution >= 0.6 is 0 Å². The zero-order chi connectivity index (χ0) is 13.7. The Kier molecular flexibility index (Phi) is 4.87. The van der Waals surface area contributed by atoms with Gasteiger partial charge in [0, 0.05) is 24.8 Å². The van der Waals surface area contributed by atoms with Gasteiger partial charge in [0.15, 0.2) is 5.75 Å². The van der Waals surface area contributed by atoms with Crippen molar-refractivity contribution in [2.75, 3.05) is 20.2 Å². The topological polar surface area (TPSA) is 103 Å². The number of rotatable bonds is 6. The monoisotopic (exact) mass is 256 g/mol. The number of aliphatic carboxylic acids is 1. The van der Waals surface area contributed by atoms with Crippen molar-refractivity contribution >= 4 is 5.97 Å². The summed E-state index contributed by atoms with van der Waals surface area (Å²) in [7, 11) is 1.61. The Morgan fingerprint density at radius 2 is 2.17 bits per heavy atom. The van der Waals surface area contributed by atoms with Gasteiger partial charge in [-0.1, -0.05) is 0 Å². The molecule has 0 aliphatic rings. The summed E-state index contributed by atoms with van der Waals surface area (Å²) in [6.45, 7) is 0.165. The first-order chi connectivity index (χ1) is 8.43. The number of nitrogens with zero attached hydrogens (tertiary/aromatic N) is 2. The quantitative estimate of drug-likeness (QED) is 0.607. The molecule has 0 spiro atoms. The van der Waals surface area contributed by atoms with Gasteiger partial charge in [-0.15, -0.1) is 0 Å². The Morgan fingerprint density at radius 3 is 2.72 bits per heavy atom. The Morgan fingerprint density at radius 1 is 1.50 bits per heavy atom. The van der Waals surface area contributed by atoms with Gasteiger partial charge in [0.25, 0.3) is 0 Å². The van der Waals surface area contributed by atoms with E-state index in [1.54, 1.807) is 7.05 Å². The Labute approximate surface area is 104 Å². The SMILES string of the molecule is CN(CC(=O)O)Cc1cc(=O)c(O)cn1CCO. The highest BCUT2D eigenvalue weighted by Crippen LogP contribution is 2.07. The molecule has 0 saturated heterocycles. The second-order valence-electron chi connectivity index (χ2n) is 4.00. The van der Waals surface area contributed by atoms with E-state index < -0.39 is 17.1 Å². The van der Waals surface area contributed by atoms with Crippen molar-refractivity contribution in [1.29, 1.82) is 0 Å². The third-order valence-electron chi connectivity index (χ3n) is 2.38. The Hall–Kier alpha value is -1.86. The number of aliphatic hydroxyl groups is 1. The molecule has 0 amide bonds. The Bertz CT molecular complexity index is 483. The van der Waals surface area contributed by atoms with Crippen LogP contribution in [-0.4, -0.2) is 51.0 Å². The second kappa shape index (κ2) is 6.18. The fourth-order valence-corrected chi connectivity index (χ4v) is 1.62. The highest BCUT2D eigenvalue weighted by Gasteiger charge is 2.10. The van der Waals surface area contributed by atoms with Crippen molar-refractivity contribution in [2.24, 2.45) is 0 Å². The molecule has 0 saturated carbocycles. The number of pyridine rings is 1. The molecule has 7 nitrogen and oxygen atoms in total. The standard InChI is InChI=1S/C11H16N2O5/c1-12(7-11(17)18)5-8-4-9(15)10(16)6-13(8)2-3-14/h4,6,14,16H,2-3,5,7H2,1H3,(H,17,18). The number of aromatic hydroxyl groups is 1. The van der Waals surface area contributed by atoms with Crippen molar-refractivity contribution in [3.05, 3.63) is 28.2 Å². The van der Waals surface area contributed by atoms with Gasteiger partial charge >= 0.3 is 5.97 Å². The van der Waals surface area contributed by atoms with Crippen LogP contribution in [-0.2, 0) is 17.9 Å². The summed E-state index contributed by atoms with van der Waals surface area (Å²) in [5, 5.41) is 26.8. The van der Waals surface area contributed by atoms with Crippen LogP contribution in [0.25, 0.3) is 0 Å². The van der Waals surface area contributed by atoms with E-state index in [1.807, 2.05) is 0 Å². The van der Waals surface area contributed by atoms with E-state index in [0.717, 1.165) is 0 Å². The molecule has 100 valence electrons. The molecule has 0 aromatic carbocycles. The fourth-order valence-electron chi connectivity index (χ4n) is 1.62. The summed E-state index contributed by atoms with van der Waals surface area (Å²) in [4.78, 5) is 23.4. The first-order valence-corrected chi connectivity index (χ1v) is 5.37. The van der Waals surface area contributed by atoms with E-state index in [4.69, 9.17) is 10.2 Å². The minimum absolute atomic E-state index is 0.141. The lowest BCUT2D eigenvalue weighted by Crippen LogP contribution is -2.28. The number of carboxylic acid groups (broad SMARTS) is 1. The molecule has 7 heteroatoms. The maximum Gasteiger partial charge on any atom is 0.317 e. The molecule has 0 bridgehead atoms. The first kappa shape index (κ1) is 14.2. The number of carbonyl (C=O) groups is 1. The van der Waals surface area contributed by atoms with Crippen molar-refractivity contribution in [3.8, 4) is 5.75 Å². The molecule has 0 radical (unpaired) electrons. The van der Waals surface area contributed by atoms with Crippen LogP contribution in [0.15, 0.2) is 17.1 Å². The normalized spacial score (nSPS) is 10.8. The summed E-state index contributed by atoms with van der Waals surface area (Å²) < 4.78 is 1.52. The molecule has 0 unspecified atom stereocenters. The molecule has 1 heterocycles. The predicted octanol–water partition coefficient (Wildman–Crippen LogP) is -0.937. The van der Waals surface area contributed by atoms with Crippen LogP contribution in [0.5, 0.6) is 5.75 Å². The van der Waals surface area contributed by atoms with Crippen LogP contribution in [0.1, 0.15) is 5.69 Å². The van der Waals surface area contributed by atoms with E-state index in [2.05, 4.69) is 0 Å². The minimum atomic E-state index is -0.965. The summed E-state index contributed by atoms with van der Waals surface area (Å²) in [5.41, 5.74) is 0.0125. The Balaban J connectivity index is 2.95. The molecule has 0 fully saturated rings. The molecular formula is C11H16N2O5. The molecule has 0 atom stereocenters. The third kappa shape index (κ3) is 3.86. The summed E-state index contributed by atoms with van der Waals surface area (Å²) >= 11 is 0. The number of likely N-dealkylation sites (N-methyl/N-ethyl adjacent to an activating group) is 1. The lowest BCUT2D eigenvalue weighted by atomic mass is 10.3. The second-order valence-corrected chi connectivity index (χ2v) is 4.00. The minimum Gasteiger partial charge on any atom is -0.503 e. The number of carboxylic acids is 1. The molecule has 1 aromatic rings. The number of aromatic nitrogens is 1. The van der Waals surface area contributed by atoms with Gasteiger partial charge < -0.3 is 19.9 Å². The highest BCUT2D eigenvalue weighted by molar-refractivity contribution is 5.68. The smallest absolute Gasteiger partial charge is 0.317 e. The van der Waals surface area contributed by atoms with Crippen molar-refractivity contribution < 1.29 is 20.1 Å². The van der Waals surface area contributed by atoms with Crippen LogP contribution < -0.4 is 5.43 Å². The third-order valence-corrected chi connectivity index (χ3v) is 2.38. The largest absolute Gasteiger partial charge is 0.503 e. The van der Waals surface area contributed by atoms with Crippen LogP contribution in [0.4, 0.5) is 0 Å². The highest BCUT2D eigenvalue weighted by atomic mass is 16.4. The van der Waals surface area contributed by atoms with Gasteiger partial charge in [-0.2, -0.15) is 0 Å². The zero-order valence-electron chi connectivity index (χ0n) is 10.0. The average molecular weight is 256 g/mol. The number of aliphatic hydroxyl groups excluding tert-OH is 1. The van der Waals surface area contributed by atoms with Crippen LogP contribution in [0.2, 0.25) is 0 Å². The van der Waals surface area contributed by atoms with E-state index >= 15 is 0 Å². The first-order valence-electron chi connectivity index (χ1n) is 5.37. The lowest BCUT2D eigenvalue weighted by molar-refractivity contribution is -0.138. The average Bonchev–Trinajstić information content (AvgIpc) is 2.24. The molecule has 0 aliphatic carbocycles. The molecule has 1 rings (SSSR count).